The lowest BCUT2D eigenvalue weighted by Gasteiger charge is -2.34. The first-order valence-corrected chi connectivity index (χ1v) is 11.3. The van der Waals surface area contributed by atoms with Gasteiger partial charge in [-0.15, -0.1) is 0 Å². The van der Waals surface area contributed by atoms with Gasteiger partial charge in [0.2, 0.25) is 0 Å². The number of benzene rings is 1. The molecule has 3 heterocycles. The lowest BCUT2D eigenvalue weighted by atomic mass is 10.00. The minimum absolute atomic E-state index is 0.297. The Morgan fingerprint density at radius 3 is 2.50 bits per heavy atom. The van der Waals surface area contributed by atoms with Crippen molar-refractivity contribution in [1.82, 2.24) is 23.6 Å². The van der Waals surface area contributed by atoms with Crippen LogP contribution < -0.4 is 11.2 Å². The van der Waals surface area contributed by atoms with E-state index >= 15 is 0 Å². The second-order valence-corrected chi connectivity index (χ2v) is 9.06. The average molecular weight is 474 g/mol. The van der Waals surface area contributed by atoms with Crippen molar-refractivity contribution in [3.05, 3.63) is 61.0 Å². The third-order valence-corrected chi connectivity index (χ3v) is 6.77. The van der Waals surface area contributed by atoms with Crippen molar-refractivity contribution in [2.24, 2.45) is 14.1 Å². The van der Waals surface area contributed by atoms with Crippen molar-refractivity contribution in [2.45, 2.75) is 51.7 Å². The molecule has 0 N–H and O–H groups in total. The molecule has 7 nitrogen and oxygen atoms in total. The summed E-state index contributed by atoms with van der Waals surface area (Å²) < 4.78 is 5.66. The summed E-state index contributed by atoms with van der Waals surface area (Å²) >= 11 is 3.48. The zero-order valence-electron chi connectivity index (χ0n) is 17.8. The van der Waals surface area contributed by atoms with E-state index in [2.05, 4.69) is 27.8 Å². The third-order valence-electron chi connectivity index (χ3n) is 6.25. The largest absolute Gasteiger partial charge is 0.332 e. The number of aryl methyl sites for hydroxylation is 1. The molecule has 160 valence electrons. The monoisotopic (exact) mass is 473 g/mol. The third kappa shape index (κ3) is 3.78. The van der Waals surface area contributed by atoms with E-state index in [0.717, 1.165) is 28.8 Å². The highest BCUT2D eigenvalue weighted by Crippen LogP contribution is 2.23. The Hall–Kier alpha value is -2.19. The summed E-state index contributed by atoms with van der Waals surface area (Å²) in [5.74, 6) is 0.839. The van der Waals surface area contributed by atoms with E-state index in [1.807, 2.05) is 28.8 Å². The predicted octanol–water partition coefficient (Wildman–Crippen LogP) is 3.01. The van der Waals surface area contributed by atoms with Crippen LogP contribution in [0.3, 0.4) is 0 Å². The second kappa shape index (κ2) is 8.51. The molecule has 1 aliphatic heterocycles. The molecule has 0 unspecified atom stereocenters. The van der Waals surface area contributed by atoms with Crippen LogP contribution in [0.5, 0.6) is 0 Å². The van der Waals surface area contributed by atoms with Crippen LogP contribution in [0.4, 0.5) is 0 Å². The first-order valence-electron chi connectivity index (χ1n) is 10.5. The molecular formula is C22H28BrN5O2. The normalized spacial score (nSPS) is 17.7. The average Bonchev–Trinajstić information content (AvgIpc) is 3.10. The van der Waals surface area contributed by atoms with E-state index in [1.165, 1.54) is 35.4 Å². The Balaban J connectivity index is 1.86. The van der Waals surface area contributed by atoms with Crippen molar-refractivity contribution in [3.63, 3.8) is 0 Å². The highest BCUT2D eigenvalue weighted by molar-refractivity contribution is 9.10. The number of hydrogen-bond donors (Lipinski definition) is 0. The first kappa shape index (κ1) is 21.1. The van der Waals surface area contributed by atoms with Gasteiger partial charge in [0.25, 0.3) is 5.56 Å². The van der Waals surface area contributed by atoms with Crippen LogP contribution in [-0.2, 0) is 27.2 Å². The van der Waals surface area contributed by atoms with Gasteiger partial charge in [0.05, 0.1) is 6.54 Å². The predicted molar refractivity (Wildman–Crippen MR) is 122 cm³/mol. The molecule has 0 aliphatic carbocycles. The van der Waals surface area contributed by atoms with Crippen LogP contribution in [0.15, 0.2) is 38.3 Å². The maximum absolute atomic E-state index is 13.1. The first-order chi connectivity index (χ1) is 14.4. The highest BCUT2D eigenvalue weighted by Gasteiger charge is 2.25. The van der Waals surface area contributed by atoms with Crippen LogP contribution in [0, 0.1) is 0 Å². The highest BCUT2D eigenvalue weighted by atomic mass is 79.9. The number of hydrogen-bond acceptors (Lipinski definition) is 4. The molecule has 0 amide bonds. The molecule has 1 atom stereocenters. The number of likely N-dealkylation sites (tertiary alicyclic amines) is 1. The lowest BCUT2D eigenvalue weighted by molar-refractivity contribution is 0.131. The fourth-order valence-electron chi connectivity index (χ4n) is 4.47. The van der Waals surface area contributed by atoms with Gasteiger partial charge in [-0.05, 0) is 43.5 Å². The fraction of sp³-hybridized carbons (Fsp3) is 0.500. The van der Waals surface area contributed by atoms with Gasteiger partial charge >= 0.3 is 5.69 Å². The molecule has 0 radical (unpaired) electrons. The lowest BCUT2D eigenvalue weighted by Crippen LogP contribution is -2.39. The van der Waals surface area contributed by atoms with Crippen LogP contribution in [-0.4, -0.2) is 36.2 Å². The van der Waals surface area contributed by atoms with Crippen molar-refractivity contribution in [3.8, 4) is 0 Å². The van der Waals surface area contributed by atoms with Gasteiger partial charge in [-0.2, -0.15) is 0 Å². The molecule has 1 fully saturated rings. The van der Waals surface area contributed by atoms with E-state index in [-0.39, 0.29) is 11.2 Å². The van der Waals surface area contributed by atoms with E-state index in [0.29, 0.717) is 30.3 Å². The molecule has 3 aromatic rings. The zero-order valence-corrected chi connectivity index (χ0v) is 19.4. The molecule has 2 aromatic heterocycles. The maximum Gasteiger partial charge on any atom is 0.332 e. The molecule has 0 bridgehead atoms. The molecule has 1 saturated heterocycles. The van der Waals surface area contributed by atoms with E-state index in [9.17, 15) is 9.59 Å². The standard InChI is InChI=1S/C22H28BrN5O2/c1-4-17-7-5-6-12-27(17)14-18-24-20-19(21(29)26(3)22(30)25(20)2)28(18)13-15-8-10-16(23)11-9-15/h8-11,17H,4-7,12-14H2,1-3H3/t17-/m0/s1. The molecule has 1 aliphatic rings. The van der Waals surface area contributed by atoms with Gasteiger partial charge in [-0.1, -0.05) is 41.4 Å². The zero-order chi connectivity index (χ0) is 21.4. The van der Waals surface area contributed by atoms with Crippen LogP contribution >= 0.6 is 15.9 Å². The summed E-state index contributed by atoms with van der Waals surface area (Å²) in [7, 11) is 3.21. The minimum atomic E-state index is -0.350. The topological polar surface area (TPSA) is 65.1 Å². The van der Waals surface area contributed by atoms with Gasteiger partial charge < -0.3 is 4.57 Å². The number of rotatable bonds is 5. The summed E-state index contributed by atoms with van der Waals surface area (Å²) in [5.41, 5.74) is 1.38. The quantitative estimate of drug-likeness (QED) is 0.571. The Morgan fingerprint density at radius 1 is 1.07 bits per heavy atom. The van der Waals surface area contributed by atoms with Crippen LogP contribution in [0.1, 0.15) is 44.0 Å². The smallest absolute Gasteiger partial charge is 0.317 e. The minimum Gasteiger partial charge on any atom is -0.317 e. The summed E-state index contributed by atoms with van der Waals surface area (Å²) in [5, 5.41) is 0. The van der Waals surface area contributed by atoms with Crippen LogP contribution in [0.2, 0.25) is 0 Å². The summed E-state index contributed by atoms with van der Waals surface area (Å²) in [6, 6.07) is 8.62. The Labute approximate surface area is 184 Å². The molecule has 8 heteroatoms. The molecule has 1 aromatic carbocycles. The second-order valence-electron chi connectivity index (χ2n) is 8.15. The molecule has 0 spiro atoms. The molecular weight excluding hydrogens is 446 g/mol. The van der Waals surface area contributed by atoms with Gasteiger partial charge in [-0.3, -0.25) is 18.8 Å². The number of halogens is 1. The van der Waals surface area contributed by atoms with Gasteiger partial charge in [0.15, 0.2) is 11.2 Å². The van der Waals surface area contributed by atoms with Crippen LogP contribution in [0.25, 0.3) is 11.2 Å². The van der Waals surface area contributed by atoms with E-state index < -0.39 is 0 Å². The molecule has 30 heavy (non-hydrogen) atoms. The Bertz CT molecular complexity index is 1180. The van der Waals surface area contributed by atoms with E-state index in [1.54, 1.807) is 7.05 Å². The number of piperidine rings is 1. The number of aromatic nitrogens is 4. The Kier molecular flexibility index (Phi) is 5.97. The summed E-state index contributed by atoms with van der Waals surface area (Å²) in [6.45, 7) is 4.49. The van der Waals surface area contributed by atoms with E-state index in [4.69, 9.17) is 4.98 Å². The molecule has 4 rings (SSSR count). The van der Waals surface area contributed by atoms with Crippen molar-refractivity contribution in [1.29, 1.82) is 0 Å². The Morgan fingerprint density at radius 2 is 1.80 bits per heavy atom. The van der Waals surface area contributed by atoms with Gasteiger partial charge in [0.1, 0.15) is 5.82 Å². The van der Waals surface area contributed by atoms with Crippen molar-refractivity contribution >= 4 is 27.1 Å². The fourth-order valence-corrected chi connectivity index (χ4v) is 4.73. The van der Waals surface area contributed by atoms with Gasteiger partial charge in [-0.25, -0.2) is 9.78 Å². The SMILES string of the molecule is CC[C@H]1CCCCN1Cc1nc2c(c(=O)n(C)c(=O)n2C)n1Cc1ccc(Br)cc1. The summed E-state index contributed by atoms with van der Waals surface area (Å²) in [6.07, 6.45) is 4.75. The number of fused-ring (bicyclic) bond motifs is 1. The number of imidazole rings is 1. The van der Waals surface area contributed by atoms with Crippen molar-refractivity contribution < 1.29 is 0 Å². The summed E-state index contributed by atoms with van der Waals surface area (Å²) in [4.78, 5) is 32.8. The van der Waals surface area contributed by atoms with Crippen molar-refractivity contribution in [2.75, 3.05) is 6.54 Å². The maximum atomic E-state index is 13.1. The molecule has 0 saturated carbocycles. The number of nitrogens with zero attached hydrogens (tertiary/aromatic N) is 5. The van der Waals surface area contributed by atoms with Gasteiger partial charge in [0, 0.05) is 31.2 Å².